The fourth-order valence-electron chi connectivity index (χ4n) is 10.5. The normalized spacial score (nSPS) is 23.7. The van der Waals surface area contributed by atoms with Crippen molar-refractivity contribution in [3.63, 3.8) is 0 Å². The summed E-state index contributed by atoms with van der Waals surface area (Å²) in [6.45, 7) is 10.1. The molecule has 2 amide bonds. The van der Waals surface area contributed by atoms with Crippen molar-refractivity contribution in [3.8, 4) is 0 Å². The molecule has 10 rings (SSSR count). The Balaban J connectivity index is 0.739. The lowest BCUT2D eigenvalue weighted by Gasteiger charge is -2.46. The highest BCUT2D eigenvalue weighted by atomic mass is 19.3. The molecule has 6 aliphatic heterocycles. The Bertz CT molecular complexity index is 2260. The molecule has 3 fully saturated rings. The van der Waals surface area contributed by atoms with Crippen LogP contribution in [0.25, 0.3) is 10.9 Å². The zero-order valence-corrected chi connectivity index (χ0v) is 31.9. The number of aromatic amines is 1. The van der Waals surface area contributed by atoms with Gasteiger partial charge in [0, 0.05) is 104 Å². The summed E-state index contributed by atoms with van der Waals surface area (Å²) in [7, 11) is 0. The number of likely N-dealkylation sites (tertiary alicyclic amines) is 1. The number of halogens is 4. The number of aromatic nitrogens is 1. The maximum atomic E-state index is 16.1. The van der Waals surface area contributed by atoms with E-state index in [9.17, 15) is 18.4 Å². The van der Waals surface area contributed by atoms with Crippen molar-refractivity contribution in [2.75, 3.05) is 50.7 Å². The third-order valence-corrected chi connectivity index (χ3v) is 13.5. The van der Waals surface area contributed by atoms with E-state index in [1.165, 1.54) is 28.2 Å². The first-order chi connectivity index (χ1) is 27.6. The molecule has 57 heavy (non-hydrogen) atoms. The maximum Gasteiger partial charge on any atom is 0.255 e. The van der Waals surface area contributed by atoms with Gasteiger partial charge in [0.25, 0.3) is 12.3 Å². The van der Waals surface area contributed by atoms with E-state index in [0.717, 1.165) is 73.2 Å². The van der Waals surface area contributed by atoms with Gasteiger partial charge in [0.05, 0.1) is 12.6 Å². The number of alkyl halides is 2. The van der Waals surface area contributed by atoms with Gasteiger partial charge in [0.1, 0.15) is 17.7 Å². The molecule has 0 spiro atoms. The summed E-state index contributed by atoms with van der Waals surface area (Å²) in [4.78, 5) is 39.6. The minimum Gasteiger partial charge on any atom is -0.371 e. The lowest BCUT2D eigenvalue weighted by Crippen LogP contribution is -2.59. The quantitative estimate of drug-likeness (QED) is 0.204. The van der Waals surface area contributed by atoms with Crippen LogP contribution in [0.1, 0.15) is 75.6 Å². The average Bonchev–Trinajstić information content (AvgIpc) is 3.85. The first kappa shape index (κ1) is 36.6. The Hall–Kier alpha value is -4.72. The number of nitrogens with one attached hydrogen (secondary N) is 2. The van der Waals surface area contributed by atoms with Crippen LogP contribution >= 0.6 is 0 Å². The molecule has 3 saturated heterocycles. The highest BCUT2D eigenvalue weighted by Crippen LogP contribution is 2.42. The fourth-order valence-corrected chi connectivity index (χ4v) is 10.5. The summed E-state index contributed by atoms with van der Waals surface area (Å²) in [6, 6.07) is 13.7. The number of fused-ring (bicyclic) bond motifs is 5. The van der Waals surface area contributed by atoms with Gasteiger partial charge in [0.15, 0.2) is 0 Å². The number of nitrogens with zero attached hydrogens (tertiary/aromatic N) is 5. The third-order valence-electron chi connectivity index (χ3n) is 13.5. The molecule has 3 aromatic carbocycles. The molecule has 2 atom stereocenters. The van der Waals surface area contributed by atoms with Crippen LogP contribution < -0.4 is 10.2 Å². The van der Waals surface area contributed by atoms with Gasteiger partial charge >= 0.3 is 0 Å². The third kappa shape index (κ3) is 6.51. The summed E-state index contributed by atoms with van der Waals surface area (Å²) in [5.41, 5.74) is 7.55. The predicted molar refractivity (Wildman–Crippen MR) is 209 cm³/mol. The van der Waals surface area contributed by atoms with Crippen molar-refractivity contribution in [2.24, 2.45) is 5.92 Å². The average molecular weight is 782 g/mol. The first-order valence-corrected chi connectivity index (χ1v) is 20.3. The van der Waals surface area contributed by atoms with E-state index in [1.807, 2.05) is 29.2 Å². The topological polar surface area (TPSA) is 78.2 Å². The fraction of sp³-hybridized carbons (Fsp3) is 0.455. The molecule has 298 valence electrons. The van der Waals surface area contributed by atoms with Crippen LogP contribution in [0.15, 0.2) is 60.8 Å². The minimum absolute atomic E-state index is 0.0602. The van der Waals surface area contributed by atoms with E-state index in [2.05, 4.69) is 38.8 Å². The largest absolute Gasteiger partial charge is 0.371 e. The van der Waals surface area contributed by atoms with Gasteiger partial charge in [-0.15, -0.1) is 0 Å². The van der Waals surface area contributed by atoms with Crippen molar-refractivity contribution in [1.82, 2.24) is 29.9 Å². The molecule has 7 heterocycles. The zero-order chi connectivity index (χ0) is 39.1. The number of allylic oxidation sites excluding steroid dienone is 1. The lowest BCUT2D eigenvalue weighted by atomic mass is 9.91. The number of piperidine rings is 2. The highest BCUT2D eigenvalue weighted by molar-refractivity contribution is 6.01. The zero-order valence-electron chi connectivity index (χ0n) is 31.9. The Morgan fingerprint density at radius 2 is 1.60 bits per heavy atom. The summed E-state index contributed by atoms with van der Waals surface area (Å²) in [6.07, 6.45) is 1.01. The number of carbonyl (C=O) groups excluding carboxylic acids is 2. The Morgan fingerprint density at radius 1 is 0.860 bits per heavy atom. The van der Waals surface area contributed by atoms with E-state index in [0.29, 0.717) is 67.9 Å². The Kier molecular flexibility index (Phi) is 9.17. The van der Waals surface area contributed by atoms with Gasteiger partial charge in [-0.3, -0.25) is 24.3 Å². The molecule has 0 aliphatic carbocycles. The van der Waals surface area contributed by atoms with E-state index in [1.54, 1.807) is 4.90 Å². The van der Waals surface area contributed by atoms with E-state index >= 15 is 8.78 Å². The van der Waals surface area contributed by atoms with Crippen molar-refractivity contribution < 1.29 is 27.2 Å². The molecule has 0 saturated carbocycles. The second-order valence-electron chi connectivity index (χ2n) is 17.0. The molecule has 1 aromatic heterocycles. The molecular weight excluding hydrogens is 735 g/mol. The smallest absolute Gasteiger partial charge is 0.255 e. The van der Waals surface area contributed by atoms with Crippen molar-refractivity contribution in [2.45, 2.75) is 76.3 Å². The number of hydrogen-bond donors (Lipinski definition) is 2. The summed E-state index contributed by atoms with van der Waals surface area (Å²) >= 11 is 0. The lowest BCUT2D eigenvalue weighted by molar-refractivity contribution is -0.126. The van der Waals surface area contributed by atoms with Crippen molar-refractivity contribution in [1.29, 1.82) is 0 Å². The van der Waals surface area contributed by atoms with Gasteiger partial charge in [0.2, 0.25) is 5.91 Å². The van der Waals surface area contributed by atoms with Gasteiger partial charge in [-0.25, -0.2) is 17.6 Å². The molecule has 2 N–H and O–H groups in total. The molecule has 9 nitrogen and oxygen atoms in total. The second kappa shape index (κ2) is 14.3. The number of rotatable bonds is 8. The van der Waals surface area contributed by atoms with E-state index < -0.39 is 36.7 Å². The molecule has 0 radical (unpaired) electrons. The molecule has 13 heteroatoms. The highest BCUT2D eigenvalue weighted by Gasteiger charge is 2.42. The van der Waals surface area contributed by atoms with Crippen molar-refractivity contribution >= 4 is 28.4 Å². The van der Waals surface area contributed by atoms with Gasteiger partial charge in [-0.05, 0) is 84.5 Å². The number of amides is 2. The van der Waals surface area contributed by atoms with Crippen LogP contribution in [0.5, 0.6) is 0 Å². The number of carbonyl (C=O) groups is 2. The summed E-state index contributed by atoms with van der Waals surface area (Å²) in [5.74, 6) is -1.14. The SMILES string of the molecule is C=C1CCC(N2Cc3cc4c(cc3C2=O)CN(C2CN(CC3CCN(c5cc(F)c([C@@H]6c7[nH]c8ccccc8c7CCN6CC(F)F)c(F)c5)CC3)C2)C4)C(=O)N1. The van der Waals surface area contributed by atoms with Gasteiger partial charge in [-0.2, -0.15) is 0 Å². The predicted octanol–water partition coefficient (Wildman–Crippen LogP) is 6.32. The van der Waals surface area contributed by atoms with Crippen LogP contribution in [0.2, 0.25) is 0 Å². The Morgan fingerprint density at radius 3 is 2.33 bits per heavy atom. The number of benzene rings is 3. The standard InChI is InChI=1S/C44H47F4N7O2/c1-25-6-7-38(43(56)49-25)55-21-29-14-27-19-54(20-28(27)15-34(29)44(55)57)31-22-51(23-31)18-26-8-11-52(12-9-26)30-16-35(45)40(36(46)17-30)42-41-33(10-13-53(42)24-39(47)48)32-4-2-3-5-37(32)50-41/h2-5,14-17,26,31,38-39,42,50H,1,6-13,18-24H2,(H,49,56)/t38?,42-/m1/s1. The molecule has 0 bridgehead atoms. The van der Waals surface area contributed by atoms with Crippen molar-refractivity contribution in [3.05, 3.63) is 112 Å². The molecular formula is C44H47F4N7O2. The maximum absolute atomic E-state index is 16.1. The summed E-state index contributed by atoms with van der Waals surface area (Å²) < 4.78 is 59.7. The van der Waals surface area contributed by atoms with E-state index in [-0.39, 0.29) is 23.9 Å². The second-order valence-corrected chi connectivity index (χ2v) is 17.0. The monoisotopic (exact) mass is 781 g/mol. The van der Waals surface area contributed by atoms with Crippen LogP contribution in [-0.2, 0) is 30.8 Å². The summed E-state index contributed by atoms with van der Waals surface area (Å²) in [5, 5.41) is 3.77. The van der Waals surface area contributed by atoms with Crippen LogP contribution in [-0.4, -0.2) is 101 Å². The van der Waals surface area contributed by atoms with Gasteiger partial charge in [-0.1, -0.05) is 30.8 Å². The Labute approximate surface area is 329 Å². The number of H-pyrrole nitrogens is 1. The molecule has 6 aliphatic rings. The molecule has 1 unspecified atom stereocenters. The van der Waals surface area contributed by atoms with E-state index in [4.69, 9.17) is 0 Å². The number of para-hydroxylation sites is 1. The minimum atomic E-state index is -2.63. The van der Waals surface area contributed by atoms with Crippen LogP contribution in [0, 0.1) is 17.6 Å². The van der Waals surface area contributed by atoms with Gasteiger partial charge < -0.3 is 20.1 Å². The number of hydrogen-bond acceptors (Lipinski definition) is 6. The molecule has 4 aromatic rings. The first-order valence-electron chi connectivity index (χ1n) is 20.3. The van der Waals surface area contributed by atoms with Crippen LogP contribution in [0.4, 0.5) is 23.2 Å². The number of anilines is 1. The van der Waals surface area contributed by atoms with Crippen LogP contribution in [0.3, 0.4) is 0 Å².